The molecule has 0 aromatic carbocycles. The van der Waals surface area contributed by atoms with Gasteiger partial charge in [-0.2, -0.15) is 0 Å². The molecule has 1 aliphatic heterocycles. The first-order valence-corrected chi connectivity index (χ1v) is 7.97. The highest BCUT2D eigenvalue weighted by atomic mass is 32.2. The standard InChI is InChI=1S/C11H24N2O3S/c1-3-17(15,16)12-6-9-13-7-4-11(5-8-13)10(2)14/h10-12,14H,3-9H2,1-2H3. The number of likely N-dealkylation sites (tertiary alicyclic amines) is 1. The minimum atomic E-state index is -3.06. The second-order valence-electron chi connectivity index (χ2n) is 4.72. The molecule has 0 aromatic heterocycles. The van der Waals surface area contributed by atoms with Crippen LogP contribution in [-0.2, 0) is 10.0 Å². The van der Waals surface area contributed by atoms with Crippen molar-refractivity contribution in [2.45, 2.75) is 32.8 Å². The fourth-order valence-corrected chi connectivity index (χ4v) is 2.73. The summed E-state index contributed by atoms with van der Waals surface area (Å²) < 4.78 is 25.0. The molecule has 0 radical (unpaired) electrons. The molecule has 2 N–H and O–H groups in total. The van der Waals surface area contributed by atoms with Gasteiger partial charge < -0.3 is 10.0 Å². The minimum Gasteiger partial charge on any atom is -0.393 e. The van der Waals surface area contributed by atoms with Gasteiger partial charge in [-0.05, 0) is 45.7 Å². The number of nitrogens with zero attached hydrogens (tertiary/aromatic N) is 1. The molecule has 1 atom stereocenters. The van der Waals surface area contributed by atoms with Crippen molar-refractivity contribution >= 4 is 10.0 Å². The summed E-state index contributed by atoms with van der Waals surface area (Å²) >= 11 is 0. The molecule has 6 heteroatoms. The minimum absolute atomic E-state index is 0.136. The monoisotopic (exact) mass is 264 g/mol. The Kier molecular flexibility index (Phi) is 5.85. The van der Waals surface area contributed by atoms with E-state index < -0.39 is 10.0 Å². The largest absolute Gasteiger partial charge is 0.393 e. The van der Waals surface area contributed by atoms with Gasteiger partial charge in [0.05, 0.1) is 11.9 Å². The Hall–Kier alpha value is -0.170. The summed E-state index contributed by atoms with van der Waals surface area (Å²) in [6.45, 7) is 6.61. The van der Waals surface area contributed by atoms with Crippen molar-refractivity contribution < 1.29 is 13.5 Å². The molecule has 1 saturated heterocycles. The smallest absolute Gasteiger partial charge is 0.211 e. The highest BCUT2D eigenvalue weighted by Crippen LogP contribution is 2.19. The zero-order chi connectivity index (χ0) is 12.9. The van der Waals surface area contributed by atoms with E-state index in [2.05, 4.69) is 9.62 Å². The van der Waals surface area contributed by atoms with E-state index >= 15 is 0 Å². The van der Waals surface area contributed by atoms with Crippen LogP contribution in [0.4, 0.5) is 0 Å². The molecule has 0 bridgehead atoms. The molecular formula is C11H24N2O3S. The van der Waals surface area contributed by atoms with E-state index in [0.29, 0.717) is 12.5 Å². The summed E-state index contributed by atoms with van der Waals surface area (Å²) in [7, 11) is -3.06. The fourth-order valence-electron chi connectivity index (χ4n) is 2.12. The summed E-state index contributed by atoms with van der Waals surface area (Å²) in [5.74, 6) is 0.537. The van der Waals surface area contributed by atoms with Crippen LogP contribution in [-0.4, -0.2) is 56.5 Å². The number of piperidine rings is 1. The van der Waals surface area contributed by atoms with Crippen LogP contribution in [0.3, 0.4) is 0 Å². The third-order valence-corrected chi connectivity index (χ3v) is 4.85. The van der Waals surface area contributed by atoms with E-state index in [-0.39, 0.29) is 11.9 Å². The van der Waals surface area contributed by atoms with E-state index in [9.17, 15) is 13.5 Å². The van der Waals surface area contributed by atoms with E-state index in [4.69, 9.17) is 0 Å². The van der Waals surface area contributed by atoms with E-state index in [0.717, 1.165) is 32.5 Å². The van der Waals surface area contributed by atoms with Gasteiger partial charge in [-0.1, -0.05) is 0 Å². The van der Waals surface area contributed by atoms with Gasteiger partial charge in [-0.15, -0.1) is 0 Å². The lowest BCUT2D eigenvalue weighted by Gasteiger charge is -2.33. The lowest BCUT2D eigenvalue weighted by Crippen LogP contribution is -2.41. The average molecular weight is 264 g/mol. The van der Waals surface area contributed by atoms with E-state index in [1.807, 2.05) is 6.92 Å². The maximum Gasteiger partial charge on any atom is 0.211 e. The number of sulfonamides is 1. The summed E-state index contributed by atoms with van der Waals surface area (Å²) in [4.78, 5) is 2.25. The van der Waals surface area contributed by atoms with Gasteiger partial charge in [-0.25, -0.2) is 13.1 Å². The summed E-state index contributed by atoms with van der Waals surface area (Å²) in [5, 5.41) is 9.47. The first-order chi connectivity index (χ1) is 7.94. The zero-order valence-corrected chi connectivity index (χ0v) is 11.5. The molecule has 1 aliphatic rings. The fraction of sp³-hybridized carbons (Fsp3) is 1.00. The molecule has 1 fully saturated rings. The summed E-state index contributed by atoms with van der Waals surface area (Å²) in [5.41, 5.74) is 0. The maximum absolute atomic E-state index is 11.2. The molecule has 1 unspecified atom stereocenters. The zero-order valence-electron chi connectivity index (χ0n) is 10.7. The number of nitrogens with one attached hydrogen (secondary N) is 1. The lowest BCUT2D eigenvalue weighted by atomic mass is 9.92. The summed E-state index contributed by atoms with van der Waals surface area (Å²) in [6, 6.07) is 0. The number of hydrogen-bond donors (Lipinski definition) is 2. The SMILES string of the molecule is CCS(=O)(=O)NCCN1CCC(C(C)O)CC1. The van der Waals surface area contributed by atoms with Crippen LogP contribution in [0.25, 0.3) is 0 Å². The molecule has 0 amide bonds. The number of aliphatic hydroxyl groups is 1. The van der Waals surface area contributed by atoms with Crippen molar-refractivity contribution in [1.82, 2.24) is 9.62 Å². The highest BCUT2D eigenvalue weighted by Gasteiger charge is 2.22. The lowest BCUT2D eigenvalue weighted by molar-refractivity contribution is 0.0727. The molecule has 0 aliphatic carbocycles. The maximum atomic E-state index is 11.2. The van der Waals surface area contributed by atoms with Crippen molar-refractivity contribution in [2.75, 3.05) is 31.9 Å². The third kappa shape index (κ3) is 5.33. The summed E-state index contributed by atoms with van der Waals surface area (Å²) in [6.07, 6.45) is 1.77. The van der Waals surface area contributed by atoms with Crippen LogP contribution in [0.2, 0.25) is 0 Å². The molecule has 1 heterocycles. The molecule has 102 valence electrons. The van der Waals surface area contributed by atoms with Crippen molar-refractivity contribution in [2.24, 2.45) is 5.92 Å². The third-order valence-electron chi connectivity index (χ3n) is 3.44. The van der Waals surface area contributed by atoms with Crippen LogP contribution in [0.5, 0.6) is 0 Å². The van der Waals surface area contributed by atoms with Gasteiger partial charge in [0.25, 0.3) is 0 Å². The van der Waals surface area contributed by atoms with Gasteiger partial charge >= 0.3 is 0 Å². The first kappa shape index (κ1) is 14.9. The molecular weight excluding hydrogens is 240 g/mol. The Morgan fingerprint density at radius 3 is 2.47 bits per heavy atom. The van der Waals surface area contributed by atoms with Crippen molar-refractivity contribution in [3.05, 3.63) is 0 Å². The quantitative estimate of drug-likeness (QED) is 0.709. The van der Waals surface area contributed by atoms with Crippen LogP contribution in [0.1, 0.15) is 26.7 Å². The van der Waals surface area contributed by atoms with Gasteiger partial charge in [0.15, 0.2) is 0 Å². The number of hydrogen-bond acceptors (Lipinski definition) is 4. The van der Waals surface area contributed by atoms with Crippen molar-refractivity contribution in [3.63, 3.8) is 0 Å². The Morgan fingerprint density at radius 1 is 1.41 bits per heavy atom. The normalized spacial score (nSPS) is 21.6. The topological polar surface area (TPSA) is 69.6 Å². The van der Waals surface area contributed by atoms with Crippen LogP contribution >= 0.6 is 0 Å². The van der Waals surface area contributed by atoms with Crippen molar-refractivity contribution in [1.29, 1.82) is 0 Å². The predicted molar refractivity (Wildman–Crippen MR) is 68.3 cm³/mol. The second-order valence-corrected chi connectivity index (χ2v) is 6.81. The molecule has 0 aromatic rings. The first-order valence-electron chi connectivity index (χ1n) is 6.32. The van der Waals surface area contributed by atoms with Crippen molar-refractivity contribution in [3.8, 4) is 0 Å². The Bertz CT molecular complexity index is 309. The number of aliphatic hydroxyl groups excluding tert-OH is 1. The second kappa shape index (κ2) is 6.68. The van der Waals surface area contributed by atoms with Crippen LogP contribution in [0, 0.1) is 5.92 Å². The molecule has 5 nitrogen and oxygen atoms in total. The number of rotatable bonds is 6. The molecule has 1 rings (SSSR count). The predicted octanol–water partition coefficient (Wildman–Crippen LogP) is 0.0185. The Balaban J connectivity index is 2.19. The van der Waals surface area contributed by atoms with E-state index in [1.165, 1.54) is 0 Å². The van der Waals surface area contributed by atoms with Gasteiger partial charge in [0.2, 0.25) is 10.0 Å². The average Bonchev–Trinajstić information content (AvgIpc) is 2.29. The molecule has 17 heavy (non-hydrogen) atoms. The Labute approximate surface area is 104 Å². The Morgan fingerprint density at radius 2 is 2.00 bits per heavy atom. The van der Waals surface area contributed by atoms with Gasteiger partial charge in [-0.3, -0.25) is 0 Å². The van der Waals surface area contributed by atoms with E-state index in [1.54, 1.807) is 6.92 Å². The molecule has 0 saturated carbocycles. The van der Waals surface area contributed by atoms with Crippen LogP contribution in [0.15, 0.2) is 0 Å². The van der Waals surface area contributed by atoms with Crippen LogP contribution < -0.4 is 4.72 Å². The molecule has 0 spiro atoms. The van der Waals surface area contributed by atoms with Gasteiger partial charge in [0, 0.05) is 13.1 Å². The highest BCUT2D eigenvalue weighted by molar-refractivity contribution is 7.89. The van der Waals surface area contributed by atoms with Gasteiger partial charge in [0.1, 0.15) is 0 Å².